The summed E-state index contributed by atoms with van der Waals surface area (Å²) in [5, 5.41) is 18.5. The maximum atomic E-state index is 13.3. The molecule has 1 atom stereocenters. The van der Waals surface area contributed by atoms with Gasteiger partial charge in [-0.25, -0.2) is 0 Å². The molecule has 1 amide bonds. The average Bonchev–Trinajstić information content (AvgIpc) is 3.39. The fraction of sp³-hybridized carbons (Fsp3) is 0.556. The standard InChI is InChI=1S/C36H53B2N4O5/c1-3-4-5-6-7-8-9-10-11-16-23-39-35(45)28(18-17-24-40-36(41-37-27-43)42-38(2)46)25-34(44)47-26-33-31-21-14-12-19-29(31)30-20-13-15-22-32(30)33/h12-15,19-22,27-28,33,46H,3-11,16-18,23-26H2,1-2H3,(H,39,45)(H2,40,41,42)/t28-/m1/s1. The summed E-state index contributed by atoms with van der Waals surface area (Å²) in [6, 6.07) is 16.4. The summed E-state index contributed by atoms with van der Waals surface area (Å²) < 4.78 is 5.84. The maximum Gasteiger partial charge on any atom is 0.409 e. The first-order valence-corrected chi connectivity index (χ1v) is 17.6. The molecular formula is C36H53B2N4O5. The summed E-state index contributed by atoms with van der Waals surface area (Å²) >= 11 is 0. The summed E-state index contributed by atoms with van der Waals surface area (Å²) in [6.07, 6.45) is 13.8. The molecule has 0 unspecified atom stereocenters. The van der Waals surface area contributed by atoms with E-state index in [4.69, 9.17) is 4.74 Å². The number of esters is 1. The molecule has 0 spiro atoms. The van der Waals surface area contributed by atoms with Crippen LogP contribution in [0.25, 0.3) is 11.1 Å². The number of fused-ring (bicyclic) bond motifs is 3. The van der Waals surface area contributed by atoms with Crippen LogP contribution in [0.2, 0.25) is 6.82 Å². The summed E-state index contributed by atoms with van der Waals surface area (Å²) in [6.45, 7) is 5.02. The Morgan fingerprint density at radius 3 is 2.06 bits per heavy atom. The van der Waals surface area contributed by atoms with Crippen LogP contribution in [-0.2, 0) is 19.1 Å². The zero-order valence-corrected chi connectivity index (χ0v) is 28.3. The van der Waals surface area contributed by atoms with Crippen molar-refractivity contribution < 1.29 is 24.1 Å². The predicted molar refractivity (Wildman–Crippen MR) is 192 cm³/mol. The van der Waals surface area contributed by atoms with E-state index in [1.807, 2.05) is 24.3 Å². The molecular weight excluding hydrogens is 590 g/mol. The van der Waals surface area contributed by atoms with Gasteiger partial charge in [-0.05, 0) is 48.3 Å². The van der Waals surface area contributed by atoms with E-state index in [2.05, 4.69) is 52.0 Å². The molecule has 0 fully saturated rings. The lowest BCUT2D eigenvalue weighted by atomic mass is 9.89. The van der Waals surface area contributed by atoms with Gasteiger partial charge in [-0.2, -0.15) is 0 Å². The second-order valence-electron chi connectivity index (χ2n) is 12.4. The van der Waals surface area contributed by atoms with E-state index in [1.165, 1.54) is 62.5 Å². The van der Waals surface area contributed by atoms with Gasteiger partial charge in [0.1, 0.15) is 12.8 Å². The predicted octanol–water partition coefficient (Wildman–Crippen LogP) is 5.62. The molecule has 1 radical (unpaired) electrons. The minimum Gasteiger partial charge on any atom is -0.465 e. The second-order valence-corrected chi connectivity index (χ2v) is 12.4. The van der Waals surface area contributed by atoms with Crippen LogP contribution in [0.15, 0.2) is 53.4 Å². The van der Waals surface area contributed by atoms with E-state index in [0.29, 0.717) is 32.1 Å². The Morgan fingerprint density at radius 2 is 1.47 bits per heavy atom. The van der Waals surface area contributed by atoms with Crippen molar-refractivity contribution in [3.63, 3.8) is 0 Å². The Kier molecular flexibility index (Phi) is 17.8. The quantitative estimate of drug-likeness (QED) is 0.0309. The number of unbranched alkanes of at least 4 members (excludes halogenated alkanes) is 9. The first-order valence-electron chi connectivity index (χ1n) is 17.6. The third kappa shape index (κ3) is 13.6. The fourth-order valence-corrected chi connectivity index (χ4v) is 6.16. The van der Waals surface area contributed by atoms with Crippen molar-refractivity contribution in [1.29, 1.82) is 0 Å². The lowest BCUT2D eigenvalue weighted by molar-refractivity contribution is -0.147. The van der Waals surface area contributed by atoms with Crippen LogP contribution in [0.5, 0.6) is 0 Å². The highest BCUT2D eigenvalue weighted by Crippen LogP contribution is 2.44. The smallest absolute Gasteiger partial charge is 0.409 e. The van der Waals surface area contributed by atoms with Gasteiger partial charge in [0.15, 0.2) is 5.96 Å². The largest absolute Gasteiger partial charge is 0.465 e. The summed E-state index contributed by atoms with van der Waals surface area (Å²) in [5.74, 6) is -0.855. The molecule has 47 heavy (non-hydrogen) atoms. The molecule has 0 saturated heterocycles. The molecule has 9 nitrogen and oxygen atoms in total. The summed E-state index contributed by atoms with van der Waals surface area (Å²) in [4.78, 5) is 41.1. The molecule has 253 valence electrons. The lowest BCUT2D eigenvalue weighted by Crippen LogP contribution is -2.45. The lowest BCUT2D eigenvalue weighted by Gasteiger charge is -2.19. The average molecular weight is 643 g/mol. The number of rotatable bonds is 23. The first-order chi connectivity index (χ1) is 22.9. The summed E-state index contributed by atoms with van der Waals surface area (Å²) in [5.41, 5.74) is 4.63. The van der Waals surface area contributed by atoms with Crippen molar-refractivity contribution >= 4 is 38.5 Å². The monoisotopic (exact) mass is 643 g/mol. The van der Waals surface area contributed by atoms with Crippen molar-refractivity contribution in [2.45, 2.75) is 103 Å². The number of carbonyl (C=O) groups is 3. The van der Waals surface area contributed by atoms with E-state index in [1.54, 1.807) is 6.82 Å². The topological polar surface area (TPSA) is 129 Å². The Labute approximate surface area is 282 Å². The van der Waals surface area contributed by atoms with Crippen LogP contribution in [0.4, 0.5) is 0 Å². The summed E-state index contributed by atoms with van der Waals surface area (Å²) in [7, 11) is 0.220. The molecule has 3 rings (SSSR count). The van der Waals surface area contributed by atoms with Gasteiger partial charge in [0.05, 0.1) is 6.42 Å². The molecule has 0 heterocycles. The van der Waals surface area contributed by atoms with Crippen molar-refractivity contribution in [3.05, 3.63) is 59.7 Å². The van der Waals surface area contributed by atoms with Crippen molar-refractivity contribution in [1.82, 2.24) is 15.9 Å². The third-order valence-corrected chi connectivity index (χ3v) is 8.62. The van der Waals surface area contributed by atoms with Gasteiger partial charge >= 0.3 is 20.4 Å². The number of carbonyl (C=O) groups excluding carboxylic acids is 3. The van der Waals surface area contributed by atoms with E-state index in [-0.39, 0.29) is 30.8 Å². The fourth-order valence-electron chi connectivity index (χ4n) is 6.16. The molecule has 0 aromatic heterocycles. The molecule has 1 aliphatic rings. The van der Waals surface area contributed by atoms with Crippen LogP contribution in [0, 0.1) is 5.92 Å². The van der Waals surface area contributed by atoms with Crippen LogP contribution >= 0.6 is 0 Å². The maximum absolute atomic E-state index is 13.3. The molecule has 0 saturated carbocycles. The van der Waals surface area contributed by atoms with E-state index in [0.717, 1.165) is 31.4 Å². The van der Waals surface area contributed by atoms with Gasteiger partial charge in [-0.1, -0.05) is 113 Å². The number of benzene rings is 2. The Hall–Kier alpha value is -3.59. The third-order valence-electron chi connectivity index (χ3n) is 8.62. The van der Waals surface area contributed by atoms with Gasteiger partial charge in [-0.15, -0.1) is 0 Å². The van der Waals surface area contributed by atoms with Crippen LogP contribution < -0.4 is 15.9 Å². The minimum atomic E-state index is -0.862. The number of ether oxygens (including phenoxy) is 1. The number of amides is 1. The van der Waals surface area contributed by atoms with Gasteiger partial charge in [0.2, 0.25) is 5.91 Å². The van der Waals surface area contributed by atoms with Crippen LogP contribution in [0.3, 0.4) is 0 Å². The Morgan fingerprint density at radius 1 is 0.894 bits per heavy atom. The number of hydrogen-bond acceptors (Lipinski definition) is 6. The zero-order valence-electron chi connectivity index (χ0n) is 28.3. The zero-order chi connectivity index (χ0) is 33.7. The first kappa shape index (κ1) is 37.9. The molecule has 2 aromatic rings. The Balaban J connectivity index is 1.50. The highest BCUT2D eigenvalue weighted by Gasteiger charge is 2.30. The van der Waals surface area contributed by atoms with Gasteiger partial charge < -0.3 is 35.3 Å². The second kappa shape index (κ2) is 22.1. The van der Waals surface area contributed by atoms with E-state index >= 15 is 0 Å². The molecule has 2 aromatic carbocycles. The van der Waals surface area contributed by atoms with Crippen molar-refractivity contribution in [2.75, 3.05) is 19.7 Å². The molecule has 0 aliphatic heterocycles. The number of nitrogens with one attached hydrogen (secondary N) is 3. The highest BCUT2D eigenvalue weighted by molar-refractivity contribution is 6.66. The molecule has 4 N–H and O–H groups in total. The van der Waals surface area contributed by atoms with Crippen LogP contribution in [-0.4, -0.2) is 63.2 Å². The number of guanidine groups is 1. The van der Waals surface area contributed by atoms with Crippen molar-refractivity contribution in [2.24, 2.45) is 10.8 Å². The Bertz CT molecular complexity index is 1230. The molecule has 0 bridgehead atoms. The molecule has 1 aliphatic carbocycles. The van der Waals surface area contributed by atoms with Gasteiger partial charge in [0, 0.05) is 24.9 Å². The highest BCUT2D eigenvalue weighted by atomic mass is 16.5. The van der Waals surface area contributed by atoms with Crippen LogP contribution in [0.1, 0.15) is 107 Å². The molecule has 11 heteroatoms. The van der Waals surface area contributed by atoms with Gasteiger partial charge in [-0.3, -0.25) is 9.59 Å². The normalized spacial score (nSPS) is 12.9. The SMILES string of the molecule is CCCCCCCCCCCCNC(=O)[C@H](CCCNC(=N[B]C=O)NB(C)O)CC(=O)OCC1c2ccccc2-c2ccccc21. The van der Waals surface area contributed by atoms with Crippen molar-refractivity contribution in [3.8, 4) is 11.1 Å². The van der Waals surface area contributed by atoms with Gasteiger partial charge in [0.25, 0.3) is 0 Å². The van der Waals surface area contributed by atoms with E-state index in [9.17, 15) is 19.4 Å². The number of nitrogens with zero attached hydrogens (tertiary/aromatic N) is 1. The minimum absolute atomic E-state index is 0.00827. The van der Waals surface area contributed by atoms with E-state index < -0.39 is 18.9 Å². The number of hydrogen-bond donors (Lipinski definition) is 4.